The molecule has 0 unspecified atom stereocenters. The van der Waals surface area contributed by atoms with Crippen LogP contribution in [0.15, 0.2) is 0 Å². The minimum atomic E-state index is 0.0694. The van der Waals surface area contributed by atoms with Crippen LogP contribution < -0.4 is 0 Å². The van der Waals surface area contributed by atoms with Crippen LogP contribution in [0.2, 0.25) is 0 Å². The van der Waals surface area contributed by atoms with Gasteiger partial charge in [0.05, 0.1) is 25.2 Å². The minimum Gasteiger partial charge on any atom is -0.395 e. The summed E-state index contributed by atoms with van der Waals surface area (Å²) in [5, 5.41) is 25.6. The lowest BCUT2D eigenvalue weighted by Gasteiger charge is -2.17. The molecule has 0 aliphatic rings. The minimum absolute atomic E-state index is 0.0694. The Bertz CT molecular complexity index is 73.9. The van der Waals surface area contributed by atoms with E-state index >= 15 is 0 Å². The molecule has 0 heterocycles. The molecule has 0 aromatic rings. The second-order valence-electron chi connectivity index (χ2n) is 2.11. The van der Waals surface area contributed by atoms with Crippen molar-refractivity contribution < 1.29 is 15.3 Å². The van der Waals surface area contributed by atoms with Gasteiger partial charge in [-0.15, -0.1) is 23.2 Å². The monoisotopic (exact) mass is 233 g/mol. The molecule has 3 N–H and O–H groups in total. The molecule has 0 amide bonds. The van der Waals surface area contributed by atoms with E-state index in [0.29, 0.717) is 19.6 Å². The Labute approximate surface area is 88.7 Å². The topological polar surface area (TPSA) is 63.9 Å². The van der Waals surface area contributed by atoms with Crippen molar-refractivity contribution in [3.63, 3.8) is 0 Å². The van der Waals surface area contributed by atoms with E-state index in [1.807, 2.05) is 0 Å². The highest BCUT2D eigenvalue weighted by Crippen LogP contribution is 1.84. The summed E-state index contributed by atoms with van der Waals surface area (Å²) in [5.41, 5.74) is 0. The zero-order valence-corrected chi connectivity index (χ0v) is 9.01. The maximum atomic E-state index is 8.48. The lowest BCUT2D eigenvalue weighted by atomic mass is 10.4. The third kappa shape index (κ3) is 15.2. The summed E-state index contributed by atoms with van der Waals surface area (Å²) in [6, 6.07) is 0. The quantitative estimate of drug-likeness (QED) is 0.551. The van der Waals surface area contributed by atoms with Crippen molar-refractivity contribution >= 4 is 23.2 Å². The zero-order chi connectivity index (χ0) is 10.5. The van der Waals surface area contributed by atoms with E-state index in [-0.39, 0.29) is 25.2 Å². The van der Waals surface area contributed by atoms with Gasteiger partial charge in [-0.3, -0.25) is 4.90 Å². The zero-order valence-electron chi connectivity index (χ0n) is 7.49. The van der Waals surface area contributed by atoms with E-state index < -0.39 is 0 Å². The van der Waals surface area contributed by atoms with E-state index in [9.17, 15) is 0 Å². The highest BCUT2D eigenvalue weighted by molar-refractivity contribution is 6.40. The molecule has 0 aliphatic carbocycles. The van der Waals surface area contributed by atoms with Crippen molar-refractivity contribution in [3.05, 3.63) is 0 Å². The van der Waals surface area contributed by atoms with Crippen molar-refractivity contribution in [2.75, 3.05) is 44.8 Å². The summed E-state index contributed by atoms with van der Waals surface area (Å²) in [5.74, 6) is 0. The molecule has 0 rings (SSSR count). The summed E-state index contributed by atoms with van der Waals surface area (Å²) in [7, 11) is 0. The largest absolute Gasteiger partial charge is 0.395 e. The normalized spacial score (nSPS) is 9.69. The number of rotatable bonds is 6. The van der Waals surface area contributed by atoms with Crippen molar-refractivity contribution in [2.24, 2.45) is 0 Å². The molecule has 4 nitrogen and oxygen atoms in total. The van der Waals surface area contributed by atoms with Crippen LogP contribution in [0.5, 0.6) is 0 Å². The second-order valence-corrected chi connectivity index (χ2v) is 2.92. The summed E-state index contributed by atoms with van der Waals surface area (Å²) < 4.78 is 0. The fourth-order valence-corrected chi connectivity index (χ4v) is 0.760. The van der Waals surface area contributed by atoms with E-state index in [0.717, 1.165) is 0 Å². The number of aliphatic hydroxyl groups excluding tert-OH is 3. The predicted octanol–water partition coefficient (Wildman–Crippen LogP) is -0.313. The van der Waals surface area contributed by atoms with Crippen LogP contribution in [0.25, 0.3) is 0 Å². The van der Waals surface area contributed by atoms with Gasteiger partial charge in [-0.2, -0.15) is 0 Å². The van der Waals surface area contributed by atoms with E-state index in [2.05, 4.69) is 0 Å². The van der Waals surface area contributed by atoms with Crippen LogP contribution in [0.1, 0.15) is 0 Å². The van der Waals surface area contributed by atoms with E-state index in [1.165, 1.54) is 0 Å². The van der Waals surface area contributed by atoms with Crippen LogP contribution in [0, 0.1) is 0 Å². The number of hydrogen-bond acceptors (Lipinski definition) is 4. The van der Waals surface area contributed by atoms with Crippen molar-refractivity contribution in [3.8, 4) is 0 Å². The third-order valence-corrected chi connectivity index (χ3v) is 1.25. The summed E-state index contributed by atoms with van der Waals surface area (Å²) in [6.45, 7) is 1.75. The van der Waals surface area contributed by atoms with Gasteiger partial charge in [0.15, 0.2) is 0 Å². The highest BCUT2D eigenvalue weighted by atomic mass is 35.5. The number of aliphatic hydroxyl groups is 3. The molecule has 0 radical (unpaired) electrons. The Hall–Kier alpha value is 0.420. The first-order valence-corrected chi connectivity index (χ1v) is 5.00. The highest BCUT2D eigenvalue weighted by Gasteiger charge is 2.00. The molecular weight excluding hydrogens is 217 g/mol. The van der Waals surface area contributed by atoms with Gasteiger partial charge in [0.2, 0.25) is 0 Å². The smallest absolute Gasteiger partial charge is 0.0967 e. The number of alkyl halides is 2. The SMILES string of the molecule is ClCCl.OCCN(CCO)CCO. The van der Waals surface area contributed by atoms with Crippen molar-refractivity contribution in [2.45, 2.75) is 0 Å². The van der Waals surface area contributed by atoms with Crippen LogP contribution in [-0.4, -0.2) is 65.0 Å². The van der Waals surface area contributed by atoms with Crippen LogP contribution in [0.4, 0.5) is 0 Å². The number of nitrogens with zero attached hydrogens (tertiary/aromatic N) is 1. The Morgan fingerprint density at radius 1 is 0.769 bits per heavy atom. The lowest BCUT2D eigenvalue weighted by molar-refractivity contribution is 0.136. The Kier molecular flexibility index (Phi) is 18.2. The Morgan fingerprint density at radius 3 is 1.15 bits per heavy atom. The Balaban J connectivity index is 0. The van der Waals surface area contributed by atoms with Gasteiger partial charge in [0.25, 0.3) is 0 Å². The maximum Gasteiger partial charge on any atom is 0.0967 e. The van der Waals surface area contributed by atoms with Crippen LogP contribution >= 0.6 is 23.2 Å². The van der Waals surface area contributed by atoms with Gasteiger partial charge < -0.3 is 15.3 Å². The molecule has 0 saturated carbocycles. The molecule has 0 fully saturated rings. The average molecular weight is 234 g/mol. The molecule has 0 atom stereocenters. The van der Waals surface area contributed by atoms with Gasteiger partial charge in [0.1, 0.15) is 0 Å². The van der Waals surface area contributed by atoms with Gasteiger partial charge in [0, 0.05) is 19.6 Å². The molecule has 6 heteroatoms. The van der Waals surface area contributed by atoms with Gasteiger partial charge in [-0.05, 0) is 0 Å². The fraction of sp³-hybridized carbons (Fsp3) is 1.00. The molecule has 0 aromatic carbocycles. The predicted molar refractivity (Wildman–Crippen MR) is 54.3 cm³/mol. The van der Waals surface area contributed by atoms with Crippen molar-refractivity contribution in [1.29, 1.82) is 0 Å². The van der Waals surface area contributed by atoms with Crippen LogP contribution in [-0.2, 0) is 0 Å². The van der Waals surface area contributed by atoms with Gasteiger partial charge in [-0.25, -0.2) is 0 Å². The second kappa shape index (κ2) is 14.9. The number of halogens is 2. The number of hydrogen-bond donors (Lipinski definition) is 3. The molecule has 82 valence electrons. The molecular formula is C7H17Cl2NO3. The summed E-state index contributed by atoms with van der Waals surface area (Å²) in [6.07, 6.45) is 0. The molecule has 0 saturated heterocycles. The Morgan fingerprint density at radius 2 is 1.00 bits per heavy atom. The van der Waals surface area contributed by atoms with E-state index in [1.54, 1.807) is 4.90 Å². The summed E-state index contributed by atoms with van der Waals surface area (Å²) in [4.78, 5) is 1.79. The molecule has 13 heavy (non-hydrogen) atoms. The molecule has 0 aromatic heterocycles. The van der Waals surface area contributed by atoms with Crippen molar-refractivity contribution in [1.82, 2.24) is 4.90 Å². The van der Waals surface area contributed by atoms with Gasteiger partial charge >= 0.3 is 0 Å². The first-order valence-electron chi connectivity index (χ1n) is 3.93. The molecule has 0 aliphatic heterocycles. The summed E-state index contributed by atoms with van der Waals surface area (Å²) >= 11 is 9.53. The average Bonchev–Trinajstić information content (AvgIpc) is 2.07. The first kappa shape index (κ1) is 15.9. The van der Waals surface area contributed by atoms with E-state index in [4.69, 9.17) is 38.5 Å². The molecule has 0 spiro atoms. The fourth-order valence-electron chi connectivity index (χ4n) is 0.760. The lowest BCUT2D eigenvalue weighted by Crippen LogP contribution is -2.32. The van der Waals surface area contributed by atoms with Gasteiger partial charge in [-0.1, -0.05) is 0 Å². The standard InChI is InChI=1S/C6H15NO3.CH2Cl2/c8-4-1-7(2-5-9)3-6-10;2-1-3/h8-10H,1-6H2;1H2. The first-order chi connectivity index (χ1) is 6.26. The molecule has 0 bridgehead atoms. The van der Waals surface area contributed by atoms with Crippen LogP contribution in [0.3, 0.4) is 0 Å². The maximum absolute atomic E-state index is 8.48. The third-order valence-electron chi connectivity index (χ3n) is 1.25.